The topological polar surface area (TPSA) is 131 Å². The van der Waals surface area contributed by atoms with E-state index in [9.17, 15) is 24.2 Å². The third-order valence-corrected chi connectivity index (χ3v) is 11.7. The van der Waals surface area contributed by atoms with E-state index in [1.54, 1.807) is 0 Å². The summed E-state index contributed by atoms with van der Waals surface area (Å²) in [5.74, 6) is -0.522. The van der Waals surface area contributed by atoms with Gasteiger partial charge in [-0.3, -0.25) is 18.6 Å². The predicted molar refractivity (Wildman–Crippen MR) is 257 cm³/mol. The lowest BCUT2D eigenvalue weighted by atomic mass is 10.1. The first-order valence-corrected chi connectivity index (χ1v) is 26.6. The van der Waals surface area contributed by atoms with E-state index in [4.69, 9.17) is 13.8 Å². The largest absolute Gasteiger partial charge is 0.472 e. The SMILES string of the molecule is CCCCC/C=C\C/C=C\C/C=C\CCCCCCCCCCC(=O)OCC(O)COP(=O)(O)OCCNC(=O)CCCCCCCCCCC/C=C/CCCCCCCC. The van der Waals surface area contributed by atoms with Crippen molar-refractivity contribution in [3.63, 3.8) is 0 Å². The first kappa shape index (κ1) is 59.0. The molecule has 0 saturated heterocycles. The van der Waals surface area contributed by atoms with E-state index in [0.29, 0.717) is 6.42 Å². The number of ether oxygens (including phenoxy) is 1. The molecule has 0 aliphatic carbocycles. The minimum absolute atomic E-state index is 0.0795. The summed E-state index contributed by atoms with van der Waals surface area (Å²) in [5, 5.41) is 12.7. The average Bonchev–Trinajstić information content (AvgIpc) is 3.25. The Balaban J connectivity index is 3.58. The molecule has 0 rings (SSSR count). The molecule has 0 aromatic carbocycles. The Hall–Kier alpha value is -2.03. The van der Waals surface area contributed by atoms with Gasteiger partial charge in [-0.25, -0.2) is 4.57 Å². The number of carbonyl (C=O) groups excluding carboxylic acids is 2. The van der Waals surface area contributed by atoms with Gasteiger partial charge in [-0.1, -0.05) is 191 Å². The molecule has 2 unspecified atom stereocenters. The number of phosphoric acid groups is 1. The maximum atomic E-state index is 12.1. The smallest absolute Gasteiger partial charge is 0.463 e. The number of amides is 1. The zero-order valence-electron chi connectivity index (χ0n) is 39.4. The van der Waals surface area contributed by atoms with Gasteiger partial charge in [0.05, 0.1) is 13.2 Å². The van der Waals surface area contributed by atoms with E-state index in [1.165, 1.54) is 141 Å². The highest BCUT2D eigenvalue weighted by Gasteiger charge is 2.23. The zero-order valence-corrected chi connectivity index (χ0v) is 40.3. The molecular formula is C51H94NO8P. The molecular weight excluding hydrogens is 786 g/mol. The first-order chi connectivity index (χ1) is 29.8. The highest BCUT2D eigenvalue weighted by atomic mass is 31.2. The fraction of sp³-hybridized carbons (Fsp3) is 0.804. The van der Waals surface area contributed by atoms with Crippen LogP contribution in [0.2, 0.25) is 0 Å². The molecule has 10 heteroatoms. The van der Waals surface area contributed by atoms with E-state index < -0.39 is 26.5 Å². The van der Waals surface area contributed by atoms with Crippen LogP contribution in [0.5, 0.6) is 0 Å². The number of esters is 1. The van der Waals surface area contributed by atoms with Crippen LogP contribution in [0.25, 0.3) is 0 Å². The maximum Gasteiger partial charge on any atom is 0.472 e. The van der Waals surface area contributed by atoms with Crippen LogP contribution in [0.1, 0.15) is 232 Å². The summed E-state index contributed by atoms with van der Waals surface area (Å²) in [6, 6.07) is 0. The van der Waals surface area contributed by atoms with Gasteiger partial charge in [0.1, 0.15) is 12.7 Å². The average molecular weight is 880 g/mol. The molecule has 61 heavy (non-hydrogen) atoms. The van der Waals surface area contributed by atoms with Crippen LogP contribution in [0.3, 0.4) is 0 Å². The lowest BCUT2D eigenvalue weighted by Gasteiger charge is -2.15. The summed E-state index contributed by atoms with van der Waals surface area (Å²) in [5.41, 5.74) is 0. The van der Waals surface area contributed by atoms with Crippen LogP contribution in [0.15, 0.2) is 48.6 Å². The van der Waals surface area contributed by atoms with Gasteiger partial charge in [0.2, 0.25) is 5.91 Å². The zero-order chi connectivity index (χ0) is 44.6. The second-order valence-electron chi connectivity index (χ2n) is 16.8. The van der Waals surface area contributed by atoms with Gasteiger partial charge in [0.15, 0.2) is 0 Å². The van der Waals surface area contributed by atoms with Gasteiger partial charge >= 0.3 is 13.8 Å². The minimum atomic E-state index is -4.42. The Morgan fingerprint density at radius 3 is 1.38 bits per heavy atom. The van der Waals surface area contributed by atoms with Crippen LogP contribution in [0, 0.1) is 0 Å². The molecule has 2 atom stereocenters. The molecule has 0 aliphatic rings. The number of phosphoric ester groups is 1. The summed E-state index contributed by atoms with van der Waals surface area (Å²) in [4.78, 5) is 34.1. The number of hydrogen-bond acceptors (Lipinski definition) is 7. The molecule has 9 nitrogen and oxygen atoms in total. The fourth-order valence-electron chi connectivity index (χ4n) is 6.91. The lowest BCUT2D eigenvalue weighted by molar-refractivity contribution is -0.147. The van der Waals surface area contributed by atoms with Crippen LogP contribution >= 0.6 is 7.82 Å². The lowest BCUT2D eigenvalue weighted by Crippen LogP contribution is -2.27. The van der Waals surface area contributed by atoms with Crippen LogP contribution in [-0.2, 0) is 27.9 Å². The van der Waals surface area contributed by atoms with Crippen molar-refractivity contribution in [3.05, 3.63) is 48.6 Å². The molecule has 0 aromatic heterocycles. The normalized spacial score (nSPS) is 13.6. The van der Waals surface area contributed by atoms with Gasteiger partial charge in [-0.05, 0) is 77.0 Å². The summed E-state index contributed by atoms with van der Waals surface area (Å²) in [7, 11) is -4.42. The van der Waals surface area contributed by atoms with Crippen molar-refractivity contribution in [1.82, 2.24) is 5.32 Å². The van der Waals surface area contributed by atoms with Crippen LogP contribution in [0.4, 0.5) is 0 Å². The third-order valence-electron chi connectivity index (χ3n) is 10.7. The van der Waals surface area contributed by atoms with E-state index >= 15 is 0 Å². The standard InChI is InChI=1S/C51H94NO8P/c1-3-5-7-9-11-13-15-17-19-21-23-24-26-28-30-32-34-36-38-40-42-44-51(55)58-47-49(53)48-60-61(56,57)59-46-45-52-50(54)43-41-39-37-35-33-31-29-27-25-22-20-18-16-14-12-10-8-6-4-2/h11,13,17-20,23-24,49,53H,3-10,12,14-16,21-22,25-48H2,1-2H3,(H,52,54)(H,56,57)/b13-11-,19-17-,20-18+,24-23-. The summed E-state index contributed by atoms with van der Waals surface area (Å²) >= 11 is 0. The van der Waals surface area contributed by atoms with Crippen molar-refractivity contribution in [3.8, 4) is 0 Å². The Kier molecular flexibility index (Phi) is 45.9. The van der Waals surface area contributed by atoms with Gasteiger partial charge < -0.3 is 20.1 Å². The summed E-state index contributed by atoms with van der Waals surface area (Å²) in [6.45, 7) is 3.54. The quantitative estimate of drug-likeness (QED) is 0.0238. The maximum absolute atomic E-state index is 12.1. The summed E-state index contributed by atoms with van der Waals surface area (Å²) < 4.78 is 27.0. The molecule has 0 spiro atoms. The van der Waals surface area contributed by atoms with Crippen LogP contribution < -0.4 is 5.32 Å². The Bertz CT molecular complexity index is 1140. The number of unbranched alkanes of at least 4 members (excludes halogenated alkanes) is 26. The van der Waals surface area contributed by atoms with Gasteiger partial charge in [0.25, 0.3) is 0 Å². The Labute approximate surface area is 375 Å². The Morgan fingerprint density at radius 2 is 0.885 bits per heavy atom. The number of allylic oxidation sites excluding steroid dienone is 8. The van der Waals surface area contributed by atoms with Crippen molar-refractivity contribution in [2.24, 2.45) is 0 Å². The van der Waals surface area contributed by atoms with Crippen molar-refractivity contribution < 1.29 is 37.9 Å². The fourth-order valence-corrected chi connectivity index (χ4v) is 7.67. The van der Waals surface area contributed by atoms with Gasteiger partial charge in [-0.2, -0.15) is 0 Å². The highest BCUT2D eigenvalue weighted by Crippen LogP contribution is 2.42. The molecule has 1 amide bonds. The predicted octanol–water partition coefficient (Wildman–Crippen LogP) is 14.7. The molecule has 0 fully saturated rings. The second kappa shape index (κ2) is 47.4. The number of aliphatic hydroxyl groups is 1. The summed E-state index contributed by atoms with van der Waals surface area (Å²) in [6.07, 6.45) is 56.1. The molecule has 0 saturated carbocycles. The van der Waals surface area contributed by atoms with Gasteiger partial charge in [-0.15, -0.1) is 0 Å². The number of nitrogens with one attached hydrogen (secondary N) is 1. The van der Waals surface area contributed by atoms with E-state index in [1.807, 2.05) is 0 Å². The van der Waals surface area contributed by atoms with E-state index in [2.05, 4.69) is 67.8 Å². The molecule has 0 heterocycles. The van der Waals surface area contributed by atoms with Crippen LogP contribution in [-0.4, -0.2) is 54.3 Å². The molecule has 0 aromatic rings. The van der Waals surface area contributed by atoms with Crippen molar-refractivity contribution in [2.75, 3.05) is 26.4 Å². The van der Waals surface area contributed by atoms with E-state index in [-0.39, 0.29) is 32.1 Å². The molecule has 0 radical (unpaired) electrons. The van der Waals surface area contributed by atoms with E-state index in [0.717, 1.165) is 64.2 Å². The Morgan fingerprint density at radius 1 is 0.508 bits per heavy atom. The monoisotopic (exact) mass is 880 g/mol. The minimum Gasteiger partial charge on any atom is -0.463 e. The van der Waals surface area contributed by atoms with Crippen molar-refractivity contribution in [2.45, 2.75) is 238 Å². The number of carbonyl (C=O) groups is 2. The first-order valence-electron chi connectivity index (χ1n) is 25.1. The number of rotatable bonds is 47. The number of aliphatic hydroxyl groups excluding tert-OH is 1. The number of hydrogen-bond donors (Lipinski definition) is 3. The second-order valence-corrected chi connectivity index (χ2v) is 18.2. The third kappa shape index (κ3) is 48.9. The molecule has 356 valence electrons. The van der Waals surface area contributed by atoms with Gasteiger partial charge in [0, 0.05) is 19.4 Å². The molecule has 3 N–H and O–H groups in total. The highest BCUT2D eigenvalue weighted by molar-refractivity contribution is 7.47. The molecule has 0 bridgehead atoms. The van der Waals surface area contributed by atoms with Crippen molar-refractivity contribution in [1.29, 1.82) is 0 Å². The van der Waals surface area contributed by atoms with Crippen molar-refractivity contribution >= 4 is 19.7 Å². The molecule has 0 aliphatic heterocycles.